The van der Waals surface area contributed by atoms with Gasteiger partial charge in [0.2, 0.25) is 11.2 Å². The zero-order valence-corrected chi connectivity index (χ0v) is 23.1. The van der Waals surface area contributed by atoms with E-state index in [0.29, 0.717) is 35.2 Å². The molecule has 3 rings (SSSR count). The quantitative estimate of drug-likeness (QED) is 0.207. The number of phenols is 3. The molecule has 6 nitrogen and oxygen atoms in total. The molecular formula is C31H42O6. The highest BCUT2D eigenvalue weighted by Crippen LogP contribution is 2.44. The third kappa shape index (κ3) is 5.43. The smallest absolute Gasteiger partial charge is 0.235 e. The number of hydrogen-bond acceptors (Lipinski definition) is 6. The van der Waals surface area contributed by atoms with Crippen molar-refractivity contribution >= 4 is 11.0 Å². The van der Waals surface area contributed by atoms with E-state index in [1.54, 1.807) is 6.07 Å². The molecule has 3 aromatic rings. The van der Waals surface area contributed by atoms with E-state index in [1.807, 2.05) is 12.1 Å². The summed E-state index contributed by atoms with van der Waals surface area (Å²) in [6.07, 6.45) is 3.19. The highest BCUT2D eigenvalue weighted by atomic mass is 16.4. The Morgan fingerprint density at radius 3 is 1.86 bits per heavy atom. The predicted octanol–water partition coefficient (Wildman–Crippen LogP) is 7.76. The van der Waals surface area contributed by atoms with E-state index in [-0.39, 0.29) is 22.6 Å². The fraction of sp³-hybridized carbons (Fsp3) is 0.516. The summed E-state index contributed by atoms with van der Waals surface area (Å²) in [4.78, 5) is 13.0. The van der Waals surface area contributed by atoms with E-state index in [2.05, 4.69) is 48.5 Å². The summed E-state index contributed by atoms with van der Waals surface area (Å²) in [5.74, 6) is 0.410. The highest BCUT2D eigenvalue weighted by Gasteiger charge is 2.33. The molecule has 1 heterocycles. The maximum Gasteiger partial charge on any atom is 0.235 e. The third-order valence-corrected chi connectivity index (χ3v) is 8.55. The Hall–Kier alpha value is -3.15. The van der Waals surface area contributed by atoms with E-state index < -0.39 is 28.4 Å². The number of rotatable bonds is 10. The molecule has 2 aromatic carbocycles. The van der Waals surface area contributed by atoms with Gasteiger partial charge in [-0.1, -0.05) is 67.4 Å². The molecule has 0 radical (unpaired) electrons. The van der Waals surface area contributed by atoms with Crippen LogP contribution < -0.4 is 5.43 Å². The first-order valence-electron chi connectivity index (χ1n) is 13.5. The largest absolute Gasteiger partial charge is 0.504 e. The van der Waals surface area contributed by atoms with Crippen LogP contribution in [-0.2, 0) is 0 Å². The summed E-state index contributed by atoms with van der Waals surface area (Å²) in [5, 5.41) is 40.4. The Bertz CT molecular complexity index is 1270. The minimum absolute atomic E-state index is 0.0780. The summed E-state index contributed by atoms with van der Waals surface area (Å²) in [5.41, 5.74) is 0.873. The second-order valence-electron chi connectivity index (χ2n) is 10.8. The van der Waals surface area contributed by atoms with Crippen molar-refractivity contribution in [3.8, 4) is 34.3 Å². The molecule has 0 aliphatic rings. The molecule has 0 saturated heterocycles. The lowest BCUT2D eigenvalue weighted by atomic mass is 9.66. The lowest BCUT2D eigenvalue weighted by Gasteiger charge is -2.39. The maximum absolute atomic E-state index is 13.0. The van der Waals surface area contributed by atoms with Crippen LogP contribution in [-0.4, -0.2) is 20.4 Å². The Balaban J connectivity index is 2.09. The van der Waals surface area contributed by atoms with Gasteiger partial charge < -0.3 is 24.8 Å². The van der Waals surface area contributed by atoms with Crippen molar-refractivity contribution in [1.82, 2.24) is 0 Å². The molecule has 0 aliphatic heterocycles. The van der Waals surface area contributed by atoms with E-state index in [4.69, 9.17) is 4.42 Å². The minimum Gasteiger partial charge on any atom is -0.504 e. The third-order valence-electron chi connectivity index (χ3n) is 8.55. The zero-order valence-electron chi connectivity index (χ0n) is 23.1. The van der Waals surface area contributed by atoms with Gasteiger partial charge in [0.15, 0.2) is 23.0 Å². The second-order valence-corrected chi connectivity index (χ2v) is 10.8. The van der Waals surface area contributed by atoms with Crippen molar-refractivity contribution in [2.24, 2.45) is 29.6 Å². The molecule has 0 aliphatic carbocycles. The van der Waals surface area contributed by atoms with Gasteiger partial charge in [-0.05, 0) is 71.8 Å². The molecule has 1 aromatic heterocycles. The van der Waals surface area contributed by atoms with Crippen molar-refractivity contribution in [3.05, 3.63) is 46.1 Å². The molecular weight excluding hydrogens is 468 g/mol. The molecule has 0 spiro atoms. The van der Waals surface area contributed by atoms with Crippen LogP contribution in [0, 0.1) is 29.6 Å². The van der Waals surface area contributed by atoms with Crippen LogP contribution in [0.4, 0.5) is 0 Å². The summed E-state index contributed by atoms with van der Waals surface area (Å²) in [6, 6.07) is 7.80. The molecule has 0 amide bonds. The van der Waals surface area contributed by atoms with Crippen LogP contribution in [0.25, 0.3) is 22.3 Å². The highest BCUT2D eigenvalue weighted by molar-refractivity contribution is 5.83. The maximum atomic E-state index is 13.0. The topological polar surface area (TPSA) is 111 Å². The van der Waals surface area contributed by atoms with Crippen molar-refractivity contribution in [1.29, 1.82) is 0 Å². The van der Waals surface area contributed by atoms with Gasteiger partial charge in [0, 0.05) is 5.56 Å². The molecule has 4 N–H and O–H groups in total. The summed E-state index contributed by atoms with van der Waals surface area (Å²) < 4.78 is 5.99. The van der Waals surface area contributed by atoms with Crippen molar-refractivity contribution < 1.29 is 24.8 Å². The number of fused-ring (bicyclic) bond motifs is 1. The number of phenolic OH excluding ortho intramolecular Hbond substituents is 3. The SMILES string of the molecule is CCC(c1ccc2c(=O)c(O)c(-c3cc(O)c(O)c(O)c3)oc2c1)C(C)C(CC)C(C)C(CC)C(C)C. The zero-order chi connectivity index (χ0) is 27.6. The van der Waals surface area contributed by atoms with Gasteiger partial charge in [0.05, 0.1) is 5.39 Å². The summed E-state index contributed by atoms with van der Waals surface area (Å²) >= 11 is 0. The van der Waals surface area contributed by atoms with E-state index in [0.717, 1.165) is 37.0 Å². The van der Waals surface area contributed by atoms with Gasteiger partial charge >= 0.3 is 0 Å². The Morgan fingerprint density at radius 2 is 1.35 bits per heavy atom. The lowest BCUT2D eigenvalue weighted by Crippen LogP contribution is -2.31. The normalized spacial score (nSPS) is 16.0. The Morgan fingerprint density at radius 1 is 0.757 bits per heavy atom. The van der Waals surface area contributed by atoms with E-state index in [1.165, 1.54) is 0 Å². The van der Waals surface area contributed by atoms with Crippen molar-refractivity contribution in [3.63, 3.8) is 0 Å². The Labute approximate surface area is 219 Å². The lowest BCUT2D eigenvalue weighted by molar-refractivity contribution is 0.126. The van der Waals surface area contributed by atoms with Gasteiger partial charge in [0.25, 0.3) is 0 Å². The van der Waals surface area contributed by atoms with Gasteiger partial charge in [-0.25, -0.2) is 0 Å². The van der Waals surface area contributed by atoms with Crippen LogP contribution in [0.1, 0.15) is 79.2 Å². The van der Waals surface area contributed by atoms with Crippen molar-refractivity contribution in [2.75, 3.05) is 0 Å². The Kier molecular flexibility index (Phi) is 8.83. The predicted molar refractivity (Wildman–Crippen MR) is 148 cm³/mol. The first-order chi connectivity index (χ1) is 17.5. The number of benzene rings is 2. The fourth-order valence-electron chi connectivity index (χ4n) is 6.56. The van der Waals surface area contributed by atoms with Crippen LogP contribution in [0.2, 0.25) is 0 Å². The van der Waals surface area contributed by atoms with Crippen molar-refractivity contribution in [2.45, 2.75) is 73.6 Å². The van der Waals surface area contributed by atoms with Crippen LogP contribution >= 0.6 is 0 Å². The second kappa shape index (κ2) is 11.5. The number of hydrogen-bond donors (Lipinski definition) is 4. The monoisotopic (exact) mass is 510 g/mol. The standard InChI is InChI=1S/C31H42O6/c1-8-21(16(4)5)17(6)22(9-2)18(7)23(10-3)19-11-12-24-27(15-19)37-31(30(36)28(24)34)20-13-25(32)29(35)26(33)14-20/h11-18,21-23,32-33,35-36H,8-10H2,1-7H3. The van der Waals surface area contributed by atoms with Crippen LogP contribution in [0.5, 0.6) is 23.0 Å². The minimum atomic E-state index is -0.684. The summed E-state index contributed by atoms with van der Waals surface area (Å²) in [7, 11) is 0. The fourth-order valence-corrected chi connectivity index (χ4v) is 6.56. The summed E-state index contributed by atoms with van der Waals surface area (Å²) in [6.45, 7) is 16.1. The first-order valence-corrected chi connectivity index (χ1v) is 13.5. The van der Waals surface area contributed by atoms with Gasteiger partial charge in [0.1, 0.15) is 5.58 Å². The van der Waals surface area contributed by atoms with E-state index >= 15 is 0 Å². The number of aromatic hydroxyl groups is 4. The molecule has 6 heteroatoms. The van der Waals surface area contributed by atoms with E-state index in [9.17, 15) is 25.2 Å². The molecule has 0 bridgehead atoms. The van der Waals surface area contributed by atoms with Gasteiger partial charge in [-0.15, -0.1) is 0 Å². The molecule has 0 fully saturated rings. The van der Waals surface area contributed by atoms with Crippen LogP contribution in [0.15, 0.2) is 39.5 Å². The molecule has 5 atom stereocenters. The van der Waals surface area contributed by atoms with Gasteiger partial charge in [-0.2, -0.15) is 0 Å². The molecule has 202 valence electrons. The van der Waals surface area contributed by atoms with Crippen LogP contribution in [0.3, 0.4) is 0 Å². The van der Waals surface area contributed by atoms with Gasteiger partial charge in [-0.3, -0.25) is 4.79 Å². The average molecular weight is 511 g/mol. The molecule has 5 unspecified atom stereocenters. The first kappa shape index (κ1) is 28.4. The molecule has 37 heavy (non-hydrogen) atoms. The average Bonchev–Trinajstić information content (AvgIpc) is 2.85. The molecule has 0 saturated carbocycles.